The zero-order chi connectivity index (χ0) is 15.0. The zero-order valence-electron chi connectivity index (χ0n) is 11.6. The second-order valence-electron chi connectivity index (χ2n) is 4.52. The molecule has 0 fully saturated rings. The predicted molar refractivity (Wildman–Crippen MR) is 79.7 cm³/mol. The Morgan fingerprint density at radius 3 is 2.80 bits per heavy atom. The summed E-state index contributed by atoms with van der Waals surface area (Å²) in [5.74, 6) is -0.878. The van der Waals surface area contributed by atoms with E-state index in [1.165, 1.54) is 0 Å². The highest BCUT2D eigenvalue weighted by atomic mass is 32.1. The van der Waals surface area contributed by atoms with Crippen molar-refractivity contribution in [2.45, 2.75) is 13.0 Å². The Labute approximate surface area is 123 Å². The van der Waals surface area contributed by atoms with Crippen molar-refractivity contribution in [3.63, 3.8) is 0 Å². The Morgan fingerprint density at radius 2 is 2.25 bits per heavy atom. The number of aliphatic carboxylic acids is 1. The quantitative estimate of drug-likeness (QED) is 0.704. The first-order valence-electron chi connectivity index (χ1n) is 6.34. The van der Waals surface area contributed by atoms with Gasteiger partial charge in [0.1, 0.15) is 0 Å². The molecular weight excluding hydrogens is 276 g/mol. The van der Waals surface area contributed by atoms with E-state index in [4.69, 9.17) is 5.11 Å². The summed E-state index contributed by atoms with van der Waals surface area (Å²) < 4.78 is 0. The average Bonchev–Trinajstić information content (AvgIpc) is 2.88. The number of nitrogens with zero attached hydrogens (tertiary/aromatic N) is 2. The molecule has 0 aliphatic carbocycles. The van der Waals surface area contributed by atoms with Crippen molar-refractivity contribution in [2.75, 3.05) is 26.7 Å². The minimum Gasteiger partial charge on any atom is -0.481 e. The summed E-state index contributed by atoms with van der Waals surface area (Å²) in [6.07, 6.45) is 1.74. The third-order valence-electron chi connectivity index (χ3n) is 2.74. The summed E-state index contributed by atoms with van der Waals surface area (Å²) in [5.41, 5.74) is 0. The maximum absolute atomic E-state index is 12.2. The van der Waals surface area contributed by atoms with Gasteiger partial charge >= 0.3 is 5.97 Å². The number of hydrogen-bond donors (Lipinski definition) is 1. The van der Waals surface area contributed by atoms with E-state index in [0.717, 1.165) is 4.88 Å². The second-order valence-corrected chi connectivity index (χ2v) is 5.56. The third-order valence-corrected chi connectivity index (χ3v) is 3.60. The van der Waals surface area contributed by atoms with Crippen LogP contribution in [0.15, 0.2) is 30.2 Å². The van der Waals surface area contributed by atoms with E-state index in [9.17, 15) is 9.59 Å². The van der Waals surface area contributed by atoms with Crippen molar-refractivity contribution in [3.8, 4) is 0 Å². The van der Waals surface area contributed by atoms with E-state index in [1.807, 2.05) is 17.5 Å². The van der Waals surface area contributed by atoms with Gasteiger partial charge in [-0.2, -0.15) is 0 Å². The number of carboxylic acids is 1. The second kappa shape index (κ2) is 8.50. The fourth-order valence-electron chi connectivity index (χ4n) is 1.70. The lowest BCUT2D eigenvalue weighted by atomic mass is 10.3. The molecule has 1 rings (SSSR count). The molecule has 0 aliphatic heterocycles. The molecule has 1 amide bonds. The average molecular weight is 296 g/mol. The van der Waals surface area contributed by atoms with Crippen molar-refractivity contribution < 1.29 is 14.7 Å². The highest BCUT2D eigenvalue weighted by Gasteiger charge is 2.15. The van der Waals surface area contributed by atoms with Crippen molar-refractivity contribution in [3.05, 3.63) is 35.0 Å². The van der Waals surface area contributed by atoms with Gasteiger partial charge in [-0.15, -0.1) is 17.9 Å². The molecule has 0 unspecified atom stereocenters. The number of likely N-dealkylation sites (N-methyl/N-ethyl adjacent to an activating group) is 1. The summed E-state index contributed by atoms with van der Waals surface area (Å²) in [6.45, 7) is 5.30. The van der Waals surface area contributed by atoms with Crippen molar-refractivity contribution in [2.24, 2.45) is 0 Å². The number of hydrogen-bond acceptors (Lipinski definition) is 4. The van der Waals surface area contributed by atoms with Crippen LogP contribution in [-0.2, 0) is 16.1 Å². The molecule has 1 N–H and O–H groups in total. The van der Waals surface area contributed by atoms with Gasteiger partial charge in [0.15, 0.2) is 0 Å². The van der Waals surface area contributed by atoms with E-state index in [0.29, 0.717) is 19.6 Å². The number of thiophene rings is 1. The van der Waals surface area contributed by atoms with Gasteiger partial charge in [0.2, 0.25) is 5.91 Å². The molecule has 0 radical (unpaired) electrons. The third kappa shape index (κ3) is 5.99. The summed E-state index contributed by atoms with van der Waals surface area (Å²) >= 11 is 1.61. The van der Waals surface area contributed by atoms with E-state index < -0.39 is 5.97 Å². The first-order valence-corrected chi connectivity index (χ1v) is 7.22. The Bertz CT molecular complexity index is 445. The first kappa shape index (κ1) is 16.4. The molecule has 0 atom stereocenters. The van der Waals surface area contributed by atoms with Crippen LogP contribution in [0.1, 0.15) is 11.3 Å². The minimum atomic E-state index is -0.856. The number of carbonyl (C=O) groups excluding carboxylic acids is 1. The van der Waals surface area contributed by atoms with Crippen LogP contribution >= 0.6 is 11.3 Å². The SMILES string of the molecule is C=CCN(Cc1cccs1)C(=O)CN(C)CCC(=O)O. The van der Waals surface area contributed by atoms with Crippen LogP contribution in [-0.4, -0.2) is 53.5 Å². The Morgan fingerprint density at radius 1 is 1.50 bits per heavy atom. The van der Waals surface area contributed by atoms with Gasteiger partial charge in [0, 0.05) is 18.0 Å². The highest BCUT2D eigenvalue weighted by Crippen LogP contribution is 2.12. The Kier molecular flexibility index (Phi) is 6.97. The summed E-state index contributed by atoms with van der Waals surface area (Å²) in [7, 11) is 1.75. The summed E-state index contributed by atoms with van der Waals surface area (Å²) in [6, 6.07) is 3.94. The summed E-state index contributed by atoms with van der Waals surface area (Å²) in [5, 5.41) is 10.6. The van der Waals surface area contributed by atoms with Gasteiger partial charge in [-0.25, -0.2) is 0 Å². The van der Waals surface area contributed by atoms with Gasteiger partial charge in [-0.05, 0) is 18.5 Å². The molecule has 1 aromatic heterocycles. The molecule has 1 heterocycles. The Hall–Kier alpha value is -1.66. The molecule has 0 aromatic carbocycles. The number of carboxylic acid groups (broad SMARTS) is 1. The monoisotopic (exact) mass is 296 g/mol. The fraction of sp³-hybridized carbons (Fsp3) is 0.429. The molecule has 5 nitrogen and oxygen atoms in total. The summed E-state index contributed by atoms with van der Waals surface area (Å²) in [4.78, 5) is 27.3. The number of carbonyl (C=O) groups is 2. The molecule has 0 bridgehead atoms. The van der Waals surface area contributed by atoms with Crippen LogP contribution in [0.3, 0.4) is 0 Å². The molecule has 0 spiro atoms. The molecule has 6 heteroatoms. The maximum Gasteiger partial charge on any atom is 0.304 e. The van der Waals surface area contributed by atoms with Crippen molar-refractivity contribution >= 4 is 23.2 Å². The highest BCUT2D eigenvalue weighted by molar-refractivity contribution is 7.09. The normalized spacial score (nSPS) is 10.5. The smallest absolute Gasteiger partial charge is 0.304 e. The lowest BCUT2D eigenvalue weighted by molar-refractivity contribution is -0.138. The van der Waals surface area contributed by atoms with Crippen molar-refractivity contribution in [1.29, 1.82) is 0 Å². The fourth-order valence-corrected chi connectivity index (χ4v) is 2.42. The standard InChI is InChI=1S/C14H20N2O3S/c1-3-7-16(10-12-5-4-9-20-12)13(17)11-15(2)8-6-14(18)19/h3-5,9H,1,6-8,10-11H2,2H3,(H,18,19). The molecule has 0 saturated heterocycles. The van der Waals surface area contributed by atoms with Crippen LogP contribution in [0.25, 0.3) is 0 Å². The number of rotatable bonds is 9. The van der Waals surface area contributed by atoms with Crippen molar-refractivity contribution in [1.82, 2.24) is 9.80 Å². The van der Waals surface area contributed by atoms with Crippen LogP contribution in [0.5, 0.6) is 0 Å². The van der Waals surface area contributed by atoms with E-state index in [-0.39, 0.29) is 18.9 Å². The van der Waals surface area contributed by atoms with Gasteiger partial charge in [-0.1, -0.05) is 12.1 Å². The van der Waals surface area contributed by atoms with Gasteiger partial charge in [-0.3, -0.25) is 14.5 Å². The van der Waals surface area contributed by atoms with E-state index in [1.54, 1.807) is 34.3 Å². The van der Waals surface area contributed by atoms with Crippen LogP contribution in [0.2, 0.25) is 0 Å². The largest absolute Gasteiger partial charge is 0.481 e. The van der Waals surface area contributed by atoms with Gasteiger partial charge < -0.3 is 10.0 Å². The van der Waals surface area contributed by atoms with Crippen LogP contribution in [0, 0.1) is 0 Å². The molecule has 0 saturated carbocycles. The van der Waals surface area contributed by atoms with Crippen LogP contribution < -0.4 is 0 Å². The molecule has 0 aliphatic rings. The Balaban J connectivity index is 2.50. The van der Waals surface area contributed by atoms with E-state index >= 15 is 0 Å². The number of amides is 1. The van der Waals surface area contributed by atoms with Gasteiger partial charge in [0.25, 0.3) is 0 Å². The molecular formula is C14H20N2O3S. The molecule has 1 aromatic rings. The zero-order valence-corrected chi connectivity index (χ0v) is 12.4. The lowest BCUT2D eigenvalue weighted by Gasteiger charge is -2.23. The molecule has 20 heavy (non-hydrogen) atoms. The first-order chi connectivity index (χ1) is 9.52. The lowest BCUT2D eigenvalue weighted by Crippen LogP contribution is -2.39. The van der Waals surface area contributed by atoms with E-state index in [2.05, 4.69) is 6.58 Å². The molecule has 110 valence electrons. The van der Waals surface area contributed by atoms with Gasteiger partial charge in [0.05, 0.1) is 19.5 Å². The topological polar surface area (TPSA) is 60.9 Å². The van der Waals surface area contributed by atoms with Crippen LogP contribution in [0.4, 0.5) is 0 Å². The maximum atomic E-state index is 12.2. The minimum absolute atomic E-state index is 0.0220. The predicted octanol–water partition coefficient (Wildman–Crippen LogP) is 1.67.